The van der Waals surface area contributed by atoms with Gasteiger partial charge in [-0.05, 0) is 18.8 Å². The maximum Gasteiger partial charge on any atom is 0.0523 e. The molecule has 1 aliphatic heterocycles. The van der Waals surface area contributed by atoms with Crippen LogP contribution in [0.3, 0.4) is 0 Å². The first-order valence-corrected chi connectivity index (χ1v) is 4.63. The van der Waals surface area contributed by atoms with Crippen LogP contribution in [0.5, 0.6) is 0 Å². The van der Waals surface area contributed by atoms with Gasteiger partial charge in [0.15, 0.2) is 0 Å². The lowest BCUT2D eigenvalue weighted by Crippen LogP contribution is -2.29. The Bertz CT molecular complexity index is 112. The zero-order valence-electron chi connectivity index (χ0n) is 5.79. The van der Waals surface area contributed by atoms with Crippen molar-refractivity contribution >= 4 is 15.9 Å². The zero-order chi connectivity index (χ0) is 7.40. The van der Waals surface area contributed by atoms with Crippen molar-refractivity contribution in [3.63, 3.8) is 0 Å². The molecule has 4 heteroatoms. The van der Waals surface area contributed by atoms with E-state index < -0.39 is 0 Å². The summed E-state index contributed by atoms with van der Waals surface area (Å²) in [5, 5.41) is 5.54. The number of rotatable bonds is 2. The summed E-state index contributed by atoms with van der Waals surface area (Å²) in [5.41, 5.74) is 0. The van der Waals surface area contributed by atoms with Crippen LogP contribution in [0.15, 0.2) is 5.29 Å². The third kappa shape index (κ3) is 1.94. The van der Waals surface area contributed by atoms with Crippen LogP contribution in [0.25, 0.3) is 0 Å². The first kappa shape index (κ1) is 7.98. The fourth-order valence-corrected chi connectivity index (χ4v) is 1.80. The molecule has 0 aromatic rings. The average molecular weight is 207 g/mol. The molecule has 0 aliphatic carbocycles. The third-order valence-electron chi connectivity index (χ3n) is 1.92. The molecule has 1 heterocycles. The largest absolute Gasteiger partial charge is 0.261 e. The van der Waals surface area contributed by atoms with Gasteiger partial charge in [-0.3, -0.25) is 5.01 Å². The van der Waals surface area contributed by atoms with Gasteiger partial charge in [-0.25, -0.2) is 0 Å². The molecule has 1 fully saturated rings. The molecule has 0 aromatic heterocycles. The van der Waals surface area contributed by atoms with Crippen LogP contribution in [0, 0.1) is 10.8 Å². The summed E-state index contributed by atoms with van der Waals surface area (Å²) in [5.74, 6) is 0.748. The number of hydrogen-bond acceptors (Lipinski definition) is 2. The number of nitrogens with zero attached hydrogens (tertiary/aromatic N) is 2. The SMILES string of the molecule is O=NN1CCC(CBr)CC1. The molecule has 0 spiro atoms. The second kappa shape index (κ2) is 3.91. The molecule has 1 rings (SSSR count). The molecule has 0 unspecified atom stereocenters. The fourth-order valence-electron chi connectivity index (χ4n) is 1.16. The Balaban J connectivity index is 2.23. The summed E-state index contributed by atoms with van der Waals surface area (Å²) in [7, 11) is 0. The molecule has 10 heavy (non-hydrogen) atoms. The van der Waals surface area contributed by atoms with E-state index >= 15 is 0 Å². The van der Waals surface area contributed by atoms with Crippen LogP contribution < -0.4 is 0 Å². The Morgan fingerprint density at radius 2 is 2.10 bits per heavy atom. The maximum atomic E-state index is 10.0. The highest BCUT2D eigenvalue weighted by molar-refractivity contribution is 9.09. The monoisotopic (exact) mass is 206 g/mol. The van der Waals surface area contributed by atoms with Crippen molar-refractivity contribution in [2.45, 2.75) is 12.8 Å². The van der Waals surface area contributed by atoms with Gasteiger partial charge in [0.05, 0.1) is 5.29 Å². The van der Waals surface area contributed by atoms with E-state index in [1.807, 2.05) is 0 Å². The smallest absolute Gasteiger partial charge is 0.0523 e. The minimum absolute atomic E-state index is 0.748. The van der Waals surface area contributed by atoms with Crippen molar-refractivity contribution in [2.24, 2.45) is 11.2 Å². The number of alkyl halides is 1. The fraction of sp³-hybridized carbons (Fsp3) is 1.00. The summed E-state index contributed by atoms with van der Waals surface area (Å²) in [4.78, 5) is 10.0. The summed E-state index contributed by atoms with van der Waals surface area (Å²) >= 11 is 3.43. The van der Waals surface area contributed by atoms with E-state index in [9.17, 15) is 4.91 Å². The highest BCUT2D eigenvalue weighted by Crippen LogP contribution is 2.18. The molecule has 0 bridgehead atoms. The third-order valence-corrected chi connectivity index (χ3v) is 2.84. The zero-order valence-corrected chi connectivity index (χ0v) is 7.38. The van der Waals surface area contributed by atoms with E-state index in [-0.39, 0.29) is 0 Å². The molecule has 1 aliphatic rings. The van der Waals surface area contributed by atoms with Crippen LogP contribution in [-0.4, -0.2) is 23.4 Å². The topological polar surface area (TPSA) is 32.7 Å². The summed E-state index contributed by atoms with van der Waals surface area (Å²) in [6, 6.07) is 0. The molecule has 0 amide bonds. The predicted molar refractivity (Wildman–Crippen MR) is 43.9 cm³/mol. The standard InChI is InChI=1S/C6H11BrN2O/c7-5-6-1-3-9(8-10)4-2-6/h6H,1-5H2. The quantitative estimate of drug-likeness (QED) is 0.510. The molecule has 0 atom stereocenters. The summed E-state index contributed by atoms with van der Waals surface area (Å²) < 4.78 is 0. The predicted octanol–water partition coefficient (Wildman–Crippen LogP) is 1.77. The van der Waals surface area contributed by atoms with Crippen molar-refractivity contribution in [1.82, 2.24) is 5.01 Å². The van der Waals surface area contributed by atoms with Crippen molar-refractivity contribution in [2.75, 3.05) is 18.4 Å². The summed E-state index contributed by atoms with van der Waals surface area (Å²) in [6.45, 7) is 1.67. The molecule has 0 N–H and O–H groups in total. The van der Waals surface area contributed by atoms with Crippen LogP contribution in [-0.2, 0) is 0 Å². The Kier molecular flexibility index (Phi) is 3.12. The van der Waals surface area contributed by atoms with Crippen LogP contribution in [0.2, 0.25) is 0 Å². The lowest BCUT2D eigenvalue weighted by molar-refractivity contribution is 0.200. The maximum absolute atomic E-state index is 10.0. The van der Waals surface area contributed by atoms with Gasteiger partial charge in [-0.15, -0.1) is 4.91 Å². The van der Waals surface area contributed by atoms with E-state index in [0.717, 1.165) is 37.2 Å². The second-order valence-corrected chi connectivity index (χ2v) is 3.28. The van der Waals surface area contributed by atoms with Crippen LogP contribution >= 0.6 is 15.9 Å². The van der Waals surface area contributed by atoms with Gasteiger partial charge >= 0.3 is 0 Å². The van der Waals surface area contributed by atoms with Crippen LogP contribution in [0.4, 0.5) is 0 Å². The van der Waals surface area contributed by atoms with Crippen molar-refractivity contribution in [3.8, 4) is 0 Å². The summed E-state index contributed by atoms with van der Waals surface area (Å²) in [6.07, 6.45) is 2.19. The number of piperidine rings is 1. The van der Waals surface area contributed by atoms with E-state index in [0.29, 0.717) is 0 Å². The van der Waals surface area contributed by atoms with Crippen molar-refractivity contribution in [3.05, 3.63) is 4.91 Å². The Hall–Kier alpha value is -0.120. The minimum atomic E-state index is 0.748. The molecule has 0 radical (unpaired) electrons. The highest BCUT2D eigenvalue weighted by atomic mass is 79.9. The normalized spacial score (nSPS) is 21.1. The molecule has 1 saturated heterocycles. The van der Waals surface area contributed by atoms with Gasteiger partial charge in [0.2, 0.25) is 0 Å². The Labute approximate surface area is 68.9 Å². The van der Waals surface area contributed by atoms with Crippen molar-refractivity contribution < 1.29 is 0 Å². The first-order valence-electron chi connectivity index (χ1n) is 3.51. The number of halogens is 1. The van der Waals surface area contributed by atoms with Crippen LogP contribution in [0.1, 0.15) is 12.8 Å². The minimum Gasteiger partial charge on any atom is -0.261 e. The van der Waals surface area contributed by atoms with Gasteiger partial charge in [-0.1, -0.05) is 15.9 Å². The van der Waals surface area contributed by atoms with E-state index in [1.54, 1.807) is 5.01 Å². The molecule has 0 saturated carbocycles. The Morgan fingerprint density at radius 3 is 2.50 bits per heavy atom. The lowest BCUT2D eigenvalue weighted by Gasteiger charge is -2.25. The molecular weight excluding hydrogens is 196 g/mol. The highest BCUT2D eigenvalue weighted by Gasteiger charge is 2.16. The average Bonchev–Trinajstić information content (AvgIpc) is 2.05. The van der Waals surface area contributed by atoms with E-state index in [1.165, 1.54) is 0 Å². The number of nitroso groups, excluding NO2 is 1. The van der Waals surface area contributed by atoms with Gasteiger partial charge < -0.3 is 0 Å². The molecular formula is C6H11BrN2O. The van der Waals surface area contributed by atoms with E-state index in [4.69, 9.17) is 0 Å². The van der Waals surface area contributed by atoms with Crippen molar-refractivity contribution in [1.29, 1.82) is 0 Å². The van der Waals surface area contributed by atoms with Gasteiger partial charge in [0.25, 0.3) is 0 Å². The second-order valence-electron chi connectivity index (χ2n) is 2.63. The first-order chi connectivity index (χ1) is 4.86. The van der Waals surface area contributed by atoms with Gasteiger partial charge in [0.1, 0.15) is 0 Å². The van der Waals surface area contributed by atoms with Gasteiger partial charge in [0, 0.05) is 18.4 Å². The molecule has 58 valence electrons. The Morgan fingerprint density at radius 1 is 1.50 bits per heavy atom. The lowest BCUT2D eigenvalue weighted by atomic mass is 10.0. The molecule has 3 nitrogen and oxygen atoms in total. The van der Waals surface area contributed by atoms with Gasteiger partial charge in [-0.2, -0.15) is 0 Å². The molecule has 0 aromatic carbocycles. The number of hydrogen-bond donors (Lipinski definition) is 0. The van der Waals surface area contributed by atoms with E-state index in [2.05, 4.69) is 21.2 Å².